The third-order valence-electron chi connectivity index (χ3n) is 16.0. The summed E-state index contributed by atoms with van der Waals surface area (Å²) in [5, 5.41) is 0. The van der Waals surface area contributed by atoms with Gasteiger partial charge in [0.05, 0.1) is 0 Å². The maximum absolute atomic E-state index is 13.0. The topological polar surface area (TPSA) is 78.9 Å². The van der Waals surface area contributed by atoms with E-state index in [0.29, 0.717) is 19.3 Å². The van der Waals surface area contributed by atoms with E-state index in [1.807, 2.05) is 0 Å². The predicted molar refractivity (Wildman–Crippen MR) is 349 cm³/mol. The molecule has 0 aliphatic rings. The second-order valence-electron chi connectivity index (χ2n) is 24.1. The molecule has 0 aromatic heterocycles. The van der Waals surface area contributed by atoms with E-state index in [2.05, 4.69) is 69.4 Å². The van der Waals surface area contributed by atoms with Gasteiger partial charge < -0.3 is 14.2 Å². The molecule has 1 unspecified atom stereocenters. The van der Waals surface area contributed by atoms with E-state index in [1.54, 1.807) is 0 Å². The molecule has 468 valence electrons. The van der Waals surface area contributed by atoms with Crippen molar-refractivity contribution in [2.45, 2.75) is 393 Å². The van der Waals surface area contributed by atoms with Crippen LogP contribution in [0.1, 0.15) is 387 Å². The number of allylic oxidation sites excluding steroid dienone is 8. The van der Waals surface area contributed by atoms with Gasteiger partial charge in [0.2, 0.25) is 0 Å². The highest BCUT2D eigenvalue weighted by molar-refractivity contribution is 5.71. The molecule has 0 saturated heterocycles. The summed E-state index contributed by atoms with van der Waals surface area (Å²) in [5.41, 5.74) is 0. The van der Waals surface area contributed by atoms with Crippen LogP contribution in [0.3, 0.4) is 0 Å². The van der Waals surface area contributed by atoms with E-state index in [9.17, 15) is 14.4 Å². The van der Waals surface area contributed by atoms with E-state index in [-0.39, 0.29) is 31.1 Å². The molecular weight excluding hydrogens is 985 g/mol. The number of hydrogen-bond donors (Lipinski definition) is 0. The first-order valence-corrected chi connectivity index (χ1v) is 35.6. The monoisotopic (exact) mass is 1120 g/mol. The first-order chi connectivity index (χ1) is 39.5. The first-order valence-electron chi connectivity index (χ1n) is 35.6. The minimum atomic E-state index is -0.779. The Morgan fingerprint density at radius 2 is 0.450 bits per heavy atom. The van der Waals surface area contributed by atoms with Crippen molar-refractivity contribution in [1.82, 2.24) is 0 Å². The average molecular weight is 1120 g/mol. The van der Waals surface area contributed by atoms with Gasteiger partial charge in [-0.25, -0.2) is 0 Å². The lowest BCUT2D eigenvalue weighted by Gasteiger charge is -2.18. The molecule has 0 radical (unpaired) electrons. The highest BCUT2D eigenvalue weighted by atomic mass is 16.6. The Morgan fingerprint density at radius 1 is 0.250 bits per heavy atom. The Bertz CT molecular complexity index is 1380. The quantitative estimate of drug-likeness (QED) is 0.0261. The van der Waals surface area contributed by atoms with Crippen molar-refractivity contribution < 1.29 is 28.6 Å². The van der Waals surface area contributed by atoms with Gasteiger partial charge in [-0.1, -0.05) is 313 Å². The van der Waals surface area contributed by atoms with Crippen LogP contribution in [0.2, 0.25) is 0 Å². The standard InChI is InChI=1S/C74H136O6/c1-4-7-10-13-16-19-22-25-28-31-34-36-37-39-40-43-46-49-52-55-58-61-64-67-73(76)79-70-71(69-78-72(75)66-63-60-57-54-51-48-45-42-33-30-27-24-21-18-15-12-9-6-3)80-74(77)68-65-62-59-56-53-50-47-44-41-38-35-32-29-26-23-20-17-14-11-8-5-2/h23,26,30-35,71H,4-22,24-25,27-29,36-70H2,1-3H3/b26-23-,33-30-,34-31-,35-32-. The molecule has 0 saturated carbocycles. The van der Waals surface area contributed by atoms with Gasteiger partial charge >= 0.3 is 17.9 Å². The van der Waals surface area contributed by atoms with Crippen LogP contribution in [-0.4, -0.2) is 37.2 Å². The summed E-state index contributed by atoms with van der Waals surface area (Å²) < 4.78 is 17.0. The van der Waals surface area contributed by atoms with Crippen LogP contribution >= 0.6 is 0 Å². The average Bonchev–Trinajstić information content (AvgIpc) is 3.46. The summed E-state index contributed by atoms with van der Waals surface area (Å²) in [6.45, 7) is 6.69. The second kappa shape index (κ2) is 68.9. The molecule has 0 N–H and O–H groups in total. The van der Waals surface area contributed by atoms with Gasteiger partial charge in [0.1, 0.15) is 13.2 Å². The van der Waals surface area contributed by atoms with Gasteiger partial charge in [0, 0.05) is 19.3 Å². The smallest absolute Gasteiger partial charge is 0.306 e. The number of esters is 3. The normalized spacial score (nSPS) is 12.3. The van der Waals surface area contributed by atoms with Crippen LogP contribution in [-0.2, 0) is 28.6 Å². The molecule has 0 spiro atoms. The van der Waals surface area contributed by atoms with Gasteiger partial charge in [-0.3, -0.25) is 14.4 Å². The van der Waals surface area contributed by atoms with Gasteiger partial charge in [0.25, 0.3) is 0 Å². The van der Waals surface area contributed by atoms with Crippen LogP contribution in [0.25, 0.3) is 0 Å². The second-order valence-corrected chi connectivity index (χ2v) is 24.1. The van der Waals surface area contributed by atoms with Crippen LogP contribution in [0, 0.1) is 0 Å². The highest BCUT2D eigenvalue weighted by Crippen LogP contribution is 2.18. The molecule has 0 amide bonds. The highest BCUT2D eigenvalue weighted by Gasteiger charge is 2.19. The molecule has 1 atom stereocenters. The molecule has 0 aromatic carbocycles. The van der Waals surface area contributed by atoms with Crippen molar-refractivity contribution in [3.63, 3.8) is 0 Å². The molecule has 80 heavy (non-hydrogen) atoms. The van der Waals surface area contributed by atoms with E-state index in [0.717, 1.165) is 64.2 Å². The lowest BCUT2D eigenvalue weighted by atomic mass is 10.0. The largest absolute Gasteiger partial charge is 0.462 e. The fourth-order valence-corrected chi connectivity index (χ4v) is 10.6. The Labute approximate surface area is 498 Å². The maximum atomic E-state index is 13.0. The van der Waals surface area contributed by atoms with Crippen LogP contribution in [0.5, 0.6) is 0 Å². The van der Waals surface area contributed by atoms with E-state index < -0.39 is 6.10 Å². The van der Waals surface area contributed by atoms with Gasteiger partial charge in [-0.05, 0) is 103 Å². The number of unbranched alkanes of at least 4 members (excludes halogenated alkanes) is 47. The molecule has 0 aliphatic carbocycles. The number of ether oxygens (including phenoxy) is 3. The third-order valence-corrected chi connectivity index (χ3v) is 16.0. The molecule has 0 rings (SSSR count). The number of carbonyl (C=O) groups is 3. The zero-order valence-electron chi connectivity index (χ0n) is 53.9. The van der Waals surface area contributed by atoms with Crippen molar-refractivity contribution in [3.8, 4) is 0 Å². The lowest BCUT2D eigenvalue weighted by molar-refractivity contribution is -0.167. The Hall–Kier alpha value is -2.63. The molecule has 6 nitrogen and oxygen atoms in total. The Kier molecular flexibility index (Phi) is 66.6. The molecule has 0 bridgehead atoms. The summed E-state index contributed by atoms with van der Waals surface area (Å²) in [6.07, 6.45) is 87.0. The fourth-order valence-electron chi connectivity index (χ4n) is 10.6. The molecule has 6 heteroatoms. The molecular formula is C74H136O6. The van der Waals surface area contributed by atoms with E-state index in [1.165, 1.54) is 283 Å². The van der Waals surface area contributed by atoms with Crippen molar-refractivity contribution >= 4 is 17.9 Å². The van der Waals surface area contributed by atoms with Crippen molar-refractivity contribution in [3.05, 3.63) is 48.6 Å². The zero-order chi connectivity index (χ0) is 57.8. The van der Waals surface area contributed by atoms with E-state index >= 15 is 0 Å². The van der Waals surface area contributed by atoms with Crippen molar-refractivity contribution in [2.24, 2.45) is 0 Å². The summed E-state index contributed by atoms with van der Waals surface area (Å²) in [7, 11) is 0. The van der Waals surface area contributed by atoms with Crippen LogP contribution < -0.4 is 0 Å². The van der Waals surface area contributed by atoms with Gasteiger partial charge in [0.15, 0.2) is 6.10 Å². The summed E-state index contributed by atoms with van der Waals surface area (Å²) >= 11 is 0. The number of rotatable bonds is 66. The van der Waals surface area contributed by atoms with Crippen LogP contribution in [0.15, 0.2) is 48.6 Å². The first kappa shape index (κ1) is 77.4. The third kappa shape index (κ3) is 66.2. The van der Waals surface area contributed by atoms with Gasteiger partial charge in [-0.15, -0.1) is 0 Å². The maximum Gasteiger partial charge on any atom is 0.306 e. The number of hydrogen-bond acceptors (Lipinski definition) is 6. The molecule has 0 aromatic rings. The van der Waals surface area contributed by atoms with Crippen molar-refractivity contribution in [1.29, 1.82) is 0 Å². The lowest BCUT2D eigenvalue weighted by Crippen LogP contribution is -2.30. The molecule has 0 fully saturated rings. The predicted octanol–water partition coefficient (Wildman–Crippen LogP) is 24.5. The molecule has 0 aliphatic heterocycles. The Balaban J connectivity index is 4.34. The fraction of sp³-hybridized carbons (Fsp3) is 0.851. The minimum absolute atomic E-state index is 0.0736. The van der Waals surface area contributed by atoms with Gasteiger partial charge in [-0.2, -0.15) is 0 Å². The summed E-state index contributed by atoms with van der Waals surface area (Å²) in [6, 6.07) is 0. The van der Waals surface area contributed by atoms with Crippen LogP contribution in [0.4, 0.5) is 0 Å². The zero-order valence-corrected chi connectivity index (χ0v) is 53.9. The van der Waals surface area contributed by atoms with E-state index in [4.69, 9.17) is 14.2 Å². The van der Waals surface area contributed by atoms with Crippen molar-refractivity contribution in [2.75, 3.05) is 13.2 Å². The summed E-state index contributed by atoms with van der Waals surface area (Å²) in [5.74, 6) is -0.857. The molecule has 0 heterocycles. The number of carbonyl (C=O) groups excluding carboxylic acids is 3. The minimum Gasteiger partial charge on any atom is -0.462 e. The SMILES string of the molecule is CCCCCCC/C=C\C/C=C\CCCCCCCCCCCC(=O)OC(COC(=O)CCCCCCCCC/C=C\CCCCCCCCC)COC(=O)CCCCCCCCCCCCC/C=C\CCCCCCCCCC. The Morgan fingerprint density at radius 3 is 0.700 bits per heavy atom. The summed E-state index contributed by atoms with van der Waals surface area (Å²) in [4.78, 5) is 38.5.